The van der Waals surface area contributed by atoms with E-state index in [4.69, 9.17) is 23.2 Å². The Bertz CT molecular complexity index is 851. The molecule has 0 radical (unpaired) electrons. The first-order valence-electron chi connectivity index (χ1n) is 7.98. The largest absolute Gasteiger partial charge is 0.326 e. The Morgan fingerprint density at radius 3 is 2.52 bits per heavy atom. The molecule has 1 aliphatic heterocycles. The van der Waals surface area contributed by atoms with Crippen LogP contribution < -0.4 is 10.2 Å². The summed E-state index contributed by atoms with van der Waals surface area (Å²) in [4.78, 5) is 26.4. The molecule has 2 aromatic rings. The number of aryl methyl sites for hydroxylation is 2. The number of amides is 2. The van der Waals surface area contributed by atoms with E-state index in [0.29, 0.717) is 22.3 Å². The number of anilines is 2. The molecule has 3 rings (SSSR count). The van der Waals surface area contributed by atoms with Crippen LogP contribution in [0.15, 0.2) is 36.4 Å². The highest BCUT2D eigenvalue weighted by atomic mass is 35.5. The van der Waals surface area contributed by atoms with Crippen LogP contribution in [0, 0.1) is 19.8 Å². The van der Waals surface area contributed by atoms with Crippen molar-refractivity contribution in [3.8, 4) is 0 Å². The molecule has 0 saturated carbocycles. The molecule has 1 saturated heterocycles. The number of carbonyl (C=O) groups is 2. The third-order valence-corrected chi connectivity index (χ3v) is 5.22. The highest BCUT2D eigenvalue weighted by Crippen LogP contribution is 2.31. The van der Waals surface area contributed by atoms with Gasteiger partial charge in [0.05, 0.1) is 16.0 Å². The Morgan fingerprint density at radius 2 is 1.84 bits per heavy atom. The van der Waals surface area contributed by atoms with E-state index in [9.17, 15) is 9.59 Å². The zero-order chi connectivity index (χ0) is 18.1. The van der Waals surface area contributed by atoms with Crippen LogP contribution in [-0.4, -0.2) is 18.4 Å². The molecule has 4 nitrogen and oxygen atoms in total. The van der Waals surface area contributed by atoms with Gasteiger partial charge in [0.2, 0.25) is 11.8 Å². The second kappa shape index (κ2) is 7.06. The lowest BCUT2D eigenvalue weighted by atomic mass is 10.1. The predicted molar refractivity (Wildman–Crippen MR) is 101 cm³/mol. The highest BCUT2D eigenvalue weighted by molar-refractivity contribution is 6.42. The van der Waals surface area contributed by atoms with Gasteiger partial charge in [0.15, 0.2) is 0 Å². The third kappa shape index (κ3) is 3.80. The molecule has 1 heterocycles. The summed E-state index contributed by atoms with van der Waals surface area (Å²) < 4.78 is 0. The molecule has 1 atom stereocenters. The zero-order valence-corrected chi connectivity index (χ0v) is 15.5. The van der Waals surface area contributed by atoms with Gasteiger partial charge in [-0.1, -0.05) is 29.3 Å². The molecule has 2 aromatic carbocycles. The van der Waals surface area contributed by atoms with E-state index in [1.54, 1.807) is 23.1 Å². The van der Waals surface area contributed by atoms with Crippen molar-refractivity contribution in [2.75, 3.05) is 16.8 Å². The predicted octanol–water partition coefficient (Wildman–Crippen LogP) is 4.60. The molecule has 6 heteroatoms. The van der Waals surface area contributed by atoms with Crippen molar-refractivity contribution >= 4 is 46.4 Å². The summed E-state index contributed by atoms with van der Waals surface area (Å²) in [5.74, 6) is -0.652. The summed E-state index contributed by atoms with van der Waals surface area (Å²) in [6, 6.07) is 10.8. The number of nitrogens with one attached hydrogen (secondary N) is 1. The third-order valence-electron chi connectivity index (χ3n) is 4.49. The Labute approximate surface area is 156 Å². The van der Waals surface area contributed by atoms with Gasteiger partial charge in [0.1, 0.15) is 0 Å². The van der Waals surface area contributed by atoms with Crippen molar-refractivity contribution in [3.63, 3.8) is 0 Å². The molecule has 1 unspecified atom stereocenters. The molecule has 25 heavy (non-hydrogen) atoms. The fraction of sp³-hybridized carbons (Fsp3) is 0.263. The zero-order valence-electron chi connectivity index (χ0n) is 14.0. The molecule has 1 fully saturated rings. The Kier molecular flexibility index (Phi) is 5.02. The lowest BCUT2D eigenvalue weighted by Crippen LogP contribution is -2.28. The minimum atomic E-state index is -0.399. The van der Waals surface area contributed by atoms with Crippen LogP contribution in [0.25, 0.3) is 0 Å². The van der Waals surface area contributed by atoms with Crippen molar-refractivity contribution in [1.82, 2.24) is 0 Å². The number of carbonyl (C=O) groups excluding carboxylic acids is 2. The van der Waals surface area contributed by atoms with E-state index >= 15 is 0 Å². The number of rotatable bonds is 3. The van der Waals surface area contributed by atoms with Gasteiger partial charge in [0, 0.05) is 24.3 Å². The molecule has 0 bridgehead atoms. The summed E-state index contributed by atoms with van der Waals surface area (Å²) in [7, 11) is 0. The van der Waals surface area contributed by atoms with Crippen LogP contribution in [-0.2, 0) is 9.59 Å². The fourth-order valence-corrected chi connectivity index (χ4v) is 3.14. The second-order valence-electron chi connectivity index (χ2n) is 6.29. The molecule has 130 valence electrons. The molecular formula is C19H18Cl2N2O2. The van der Waals surface area contributed by atoms with E-state index in [0.717, 1.165) is 11.3 Å². The Balaban J connectivity index is 1.71. The van der Waals surface area contributed by atoms with E-state index < -0.39 is 5.92 Å². The average molecular weight is 377 g/mol. The lowest BCUT2D eigenvalue weighted by molar-refractivity contribution is -0.122. The van der Waals surface area contributed by atoms with Crippen LogP contribution >= 0.6 is 23.2 Å². The summed E-state index contributed by atoms with van der Waals surface area (Å²) in [6.45, 7) is 4.34. The summed E-state index contributed by atoms with van der Waals surface area (Å²) in [6.07, 6.45) is 0.178. The van der Waals surface area contributed by atoms with Gasteiger partial charge >= 0.3 is 0 Å². The van der Waals surface area contributed by atoms with Gasteiger partial charge in [-0.2, -0.15) is 0 Å². The molecule has 0 aromatic heterocycles. The number of halogens is 2. The van der Waals surface area contributed by atoms with Crippen molar-refractivity contribution in [1.29, 1.82) is 0 Å². The van der Waals surface area contributed by atoms with Crippen LogP contribution in [0.4, 0.5) is 11.4 Å². The van der Waals surface area contributed by atoms with Gasteiger partial charge in [-0.25, -0.2) is 0 Å². The Hall–Kier alpha value is -2.04. The minimum Gasteiger partial charge on any atom is -0.326 e. The second-order valence-corrected chi connectivity index (χ2v) is 7.11. The van der Waals surface area contributed by atoms with Gasteiger partial charge in [-0.15, -0.1) is 0 Å². The topological polar surface area (TPSA) is 49.4 Å². The van der Waals surface area contributed by atoms with Gasteiger partial charge in [-0.3, -0.25) is 9.59 Å². The molecule has 2 amide bonds. The van der Waals surface area contributed by atoms with Crippen LogP contribution in [0.3, 0.4) is 0 Å². The number of benzene rings is 2. The molecule has 1 N–H and O–H groups in total. The summed E-state index contributed by atoms with van der Waals surface area (Å²) in [5, 5.41) is 3.72. The first kappa shape index (κ1) is 17.8. The number of hydrogen-bond acceptors (Lipinski definition) is 2. The van der Waals surface area contributed by atoms with Crippen molar-refractivity contribution in [2.24, 2.45) is 5.92 Å². The SMILES string of the molecule is Cc1ccc(NC(=O)C2CC(=O)N(c3ccc(Cl)c(Cl)c3)C2)cc1C. The average Bonchev–Trinajstić information content (AvgIpc) is 2.95. The smallest absolute Gasteiger partial charge is 0.229 e. The fourth-order valence-electron chi connectivity index (χ4n) is 2.85. The quantitative estimate of drug-likeness (QED) is 0.850. The first-order chi connectivity index (χ1) is 11.8. The molecule has 0 aliphatic carbocycles. The van der Waals surface area contributed by atoms with E-state index in [1.807, 2.05) is 32.0 Å². The Morgan fingerprint density at radius 1 is 1.08 bits per heavy atom. The van der Waals surface area contributed by atoms with E-state index in [2.05, 4.69) is 5.32 Å². The van der Waals surface area contributed by atoms with E-state index in [-0.39, 0.29) is 18.2 Å². The van der Waals surface area contributed by atoms with Crippen LogP contribution in [0.2, 0.25) is 10.0 Å². The molecule has 0 spiro atoms. The van der Waals surface area contributed by atoms with Crippen molar-refractivity contribution < 1.29 is 9.59 Å². The maximum absolute atomic E-state index is 12.5. The maximum Gasteiger partial charge on any atom is 0.229 e. The number of nitrogens with zero attached hydrogens (tertiary/aromatic N) is 1. The number of hydrogen-bond donors (Lipinski definition) is 1. The van der Waals surface area contributed by atoms with Gasteiger partial charge in [0.25, 0.3) is 0 Å². The summed E-state index contributed by atoms with van der Waals surface area (Å²) >= 11 is 11.9. The molecular weight excluding hydrogens is 359 g/mol. The van der Waals surface area contributed by atoms with E-state index in [1.165, 1.54) is 5.56 Å². The standard InChI is InChI=1S/C19H18Cl2N2O2/c1-11-3-4-14(7-12(11)2)22-19(25)13-8-18(24)23(10-13)15-5-6-16(20)17(21)9-15/h3-7,9,13H,8,10H2,1-2H3,(H,22,25). The van der Waals surface area contributed by atoms with Gasteiger partial charge in [-0.05, 0) is 55.3 Å². The highest BCUT2D eigenvalue weighted by Gasteiger charge is 2.35. The van der Waals surface area contributed by atoms with Crippen molar-refractivity contribution in [2.45, 2.75) is 20.3 Å². The maximum atomic E-state index is 12.5. The van der Waals surface area contributed by atoms with Crippen molar-refractivity contribution in [3.05, 3.63) is 57.6 Å². The van der Waals surface area contributed by atoms with Gasteiger partial charge < -0.3 is 10.2 Å². The summed E-state index contributed by atoms with van der Waals surface area (Å²) in [5.41, 5.74) is 3.67. The monoisotopic (exact) mass is 376 g/mol. The normalized spacial score (nSPS) is 17.0. The van der Waals surface area contributed by atoms with Crippen LogP contribution in [0.1, 0.15) is 17.5 Å². The first-order valence-corrected chi connectivity index (χ1v) is 8.74. The minimum absolute atomic E-state index is 0.0985. The molecule has 1 aliphatic rings. The van der Waals surface area contributed by atoms with Crippen LogP contribution in [0.5, 0.6) is 0 Å². The lowest BCUT2D eigenvalue weighted by Gasteiger charge is -2.17.